The van der Waals surface area contributed by atoms with E-state index in [4.69, 9.17) is 9.16 Å². The number of alkyl carbamates (subject to hydrolysis) is 1. The van der Waals surface area contributed by atoms with Gasteiger partial charge in [0.2, 0.25) is 0 Å². The number of carbonyl (C=O) groups is 1. The van der Waals surface area contributed by atoms with Crippen molar-refractivity contribution in [3.63, 3.8) is 0 Å². The predicted octanol–water partition coefficient (Wildman–Crippen LogP) is 4.64. The van der Waals surface area contributed by atoms with E-state index in [1.807, 2.05) is 32.9 Å². The third-order valence-electron chi connectivity index (χ3n) is 4.88. The van der Waals surface area contributed by atoms with Crippen LogP contribution in [0.3, 0.4) is 0 Å². The molecular formula is C25H35NO3Si. The van der Waals surface area contributed by atoms with Crippen molar-refractivity contribution in [2.75, 3.05) is 6.61 Å². The molecule has 2 aromatic rings. The fourth-order valence-electron chi connectivity index (χ4n) is 3.60. The summed E-state index contributed by atoms with van der Waals surface area (Å²) < 4.78 is 12.2. The van der Waals surface area contributed by atoms with Crippen LogP contribution in [0, 0.1) is 0 Å². The lowest BCUT2D eigenvalue weighted by Crippen LogP contribution is -2.67. The largest absolute Gasteiger partial charge is 0.444 e. The molecule has 0 aromatic heterocycles. The van der Waals surface area contributed by atoms with Gasteiger partial charge in [-0.3, -0.25) is 0 Å². The number of carbonyl (C=O) groups excluding carboxylic acids is 1. The first-order chi connectivity index (χ1) is 14.0. The number of hydrogen-bond donors (Lipinski definition) is 1. The summed E-state index contributed by atoms with van der Waals surface area (Å²) >= 11 is 0. The molecule has 0 heterocycles. The molecule has 2 aromatic carbocycles. The Labute approximate surface area is 182 Å². The molecule has 162 valence electrons. The first-order valence-electron chi connectivity index (χ1n) is 10.4. The lowest BCUT2D eigenvalue weighted by molar-refractivity contribution is 0.0500. The molecule has 0 saturated carbocycles. The fourth-order valence-corrected chi connectivity index (χ4v) is 8.19. The molecule has 30 heavy (non-hydrogen) atoms. The van der Waals surface area contributed by atoms with Gasteiger partial charge in [0.1, 0.15) is 5.60 Å². The number of ether oxygens (including phenoxy) is 1. The van der Waals surface area contributed by atoms with Gasteiger partial charge in [-0.15, -0.1) is 6.58 Å². The topological polar surface area (TPSA) is 47.6 Å². The predicted molar refractivity (Wildman–Crippen MR) is 127 cm³/mol. The van der Waals surface area contributed by atoms with Crippen molar-refractivity contribution in [3.05, 3.63) is 73.3 Å². The Balaban J connectivity index is 2.38. The maximum absolute atomic E-state index is 12.3. The van der Waals surface area contributed by atoms with Crippen LogP contribution in [-0.2, 0) is 9.16 Å². The van der Waals surface area contributed by atoms with Crippen molar-refractivity contribution in [1.29, 1.82) is 0 Å². The highest BCUT2D eigenvalue weighted by Crippen LogP contribution is 2.36. The summed E-state index contributed by atoms with van der Waals surface area (Å²) in [6, 6.07) is 20.5. The van der Waals surface area contributed by atoms with Crippen molar-refractivity contribution in [3.8, 4) is 0 Å². The summed E-state index contributed by atoms with van der Waals surface area (Å²) in [5.41, 5.74) is -0.561. The second-order valence-corrected chi connectivity index (χ2v) is 13.8. The fraction of sp³-hybridized carbons (Fsp3) is 0.400. The summed E-state index contributed by atoms with van der Waals surface area (Å²) in [5.74, 6) is 0. The van der Waals surface area contributed by atoms with Crippen molar-refractivity contribution < 1.29 is 14.0 Å². The Bertz CT molecular complexity index is 783. The molecule has 0 aliphatic carbocycles. The molecule has 5 heteroatoms. The van der Waals surface area contributed by atoms with Gasteiger partial charge in [-0.25, -0.2) is 4.79 Å². The molecule has 2 rings (SSSR count). The molecule has 4 nitrogen and oxygen atoms in total. The van der Waals surface area contributed by atoms with Gasteiger partial charge in [-0.1, -0.05) is 87.5 Å². The standard InChI is InChI=1S/C25H35NO3Si/c1-8-20(26-23(27)29-24(2,3)4)19-28-30(25(5,6)7,21-15-11-9-12-16-21)22-17-13-10-14-18-22/h8-18,20H,1,19H2,2-7H3,(H,26,27)/t20-/m0/s1. The Morgan fingerprint density at radius 2 is 1.43 bits per heavy atom. The second-order valence-electron chi connectivity index (χ2n) is 9.46. The average Bonchev–Trinajstić information content (AvgIpc) is 2.66. The summed E-state index contributed by atoms with van der Waals surface area (Å²) in [6.45, 7) is 16.4. The minimum absolute atomic E-state index is 0.132. The molecule has 0 spiro atoms. The van der Waals surface area contributed by atoms with E-state index in [0.29, 0.717) is 6.61 Å². The van der Waals surface area contributed by atoms with Gasteiger partial charge in [0.25, 0.3) is 8.32 Å². The third kappa shape index (κ3) is 5.83. The van der Waals surface area contributed by atoms with Crippen molar-refractivity contribution in [2.45, 2.75) is 58.2 Å². The van der Waals surface area contributed by atoms with E-state index in [9.17, 15) is 4.79 Å². The monoisotopic (exact) mass is 425 g/mol. The molecular weight excluding hydrogens is 390 g/mol. The molecule has 0 aliphatic heterocycles. The molecule has 0 saturated heterocycles. The molecule has 0 unspecified atom stereocenters. The first-order valence-corrected chi connectivity index (χ1v) is 12.3. The Morgan fingerprint density at radius 3 is 1.80 bits per heavy atom. The quantitative estimate of drug-likeness (QED) is 0.519. The number of hydrogen-bond acceptors (Lipinski definition) is 3. The van der Waals surface area contributed by atoms with E-state index in [-0.39, 0.29) is 11.1 Å². The summed E-state index contributed by atoms with van der Waals surface area (Å²) in [6.07, 6.45) is 1.22. The highest BCUT2D eigenvalue weighted by atomic mass is 28.4. The van der Waals surface area contributed by atoms with Crippen LogP contribution in [0.25, 0.3) is 0 Å². The normalized spacial score (nSPS) is 13.4. The van der Waals surface area contributed by atoms with Crippen LogP contribution in [0.15, 0.2) is 73.3 Å². The number of amides is 1. The van der Waals surface area contributed by atoms with Crippen LogP contribution in [0.4, 0.5) is 4.79 Å². The van der Waals surface area contributed by atoms with E-state index in [0.717, 1.165) is 0 Å². The molecule has 0 fully saturated rings. The first kappa shape index (κ1) is 23.9. The zero-order chi connectivity index (χ0) is 22.4. The van der Waals surface area contributed by atoms with E-state index in [2.05, 4.69) is 81.2 Å². The Morgan fingerprint density at radius 1 is 0.967 bits per heavy atom. The van der Waals surface area contributed by atoms with Crippen LogP contribution in [0.2, 0.25) is 5.04 Å². The lowest BCUT2D eigenvalue weighted by Gasteiger charge is -2.43. The second kappa shape index (κ2) is 9.62. The van der Waals surface area contributed by atoms with Gasteiger partial charge in [-0.05, 0) is 36.2 Å². The smallest absolute Gasteiger partial charge is 0.408 e. The summed E-state index contributed by atoms with van der Waals surface area (Å²) in [5, 5.41) is 5.13. The maximum atomic E-state index is 12.3. The van der Waals surface area contributed by atoms with E-state index in [1.165, 1.54) is 10.4 Å². The minimum atomic E-state index is -2.67. The van der Waals surface area contributed by atoms with E-state index in [1.54, 1.807) is 6.08 Å². The number of nitrogens with one attached hydrogen (secondary N) is 1. The molecule has 0 bridgehead atoms. The molecule has 0 radical (unpaired) electrons. The molecule has 0 aliphatic rings. The van der Waals surface area contributed by atoms with Crippen LogP contribution < -0.4 is 15.7 Å². The Hall–Kier alpha value is -2.37. The SMILES string of the molecule is C=C[C@@H](CO[Si](c1ccccc1)(c1ccccc1)C(C)(C)C)NC(=O)OC(C)(C)C. The van der Waals surface area contributed by atoms with Gasteiger partial charge < -0.3 is 14.5 Å². The van der Waals surface area contributed by atoms with Gasteiger partial charge in [0.15, 0.2) is 0 Å². The van der Waals surface area contributed by atoms with Gasteiger partial charge in [0.05, 0.1) is 12.6 Å². The highest BCUT2D eigenvalue weighted by Gasteiger charge is 2.50. The van der Waals surface area contributed by atoms with Crippen molar-refractivity contribution in [1.82, 2.24) is 5.32 Å². The van der Waals surface area contributed by atoms with Crippen LogP contribution in [0.5, 0.6) is 0 Å². The maximum Gasteiger partial charge on any atom is 0.408 e. The number of benzene rings is 2. The molecule has 1 atom stereocenters. The van der Waals surface area contributed by atoms with Crippen LogP contribution in [-0.4, -0.2) is 32.7 Å². The molecule has 1 amide bonds. The van der Waals surface area contributed by atoms with Crippen molar-refractivity contribution >= 4 is 24.8 Å². The lowest BCUT2D eigenvalue weighted by atomic mass is 10.2. The van der Waals surface area contributed by atoms with Gasteiger partial charge in [0, 0.05) is 0 Å². The minimum Gasteiger partial charge on any atom is -0.444 e. The third-order valence-corrected chi connectivity index (χ3v) is 9.89. The van der Waals surface area contributed by atoms with Gasteiger partial charge >= 0.3 is 6.09 Å². The van der Waals surface area contributed by atoms with E-state index >= 15 is 0 Å². The van der Waals surface area contributed by atoms with Crippen LogP contribution in [0.1, 0.15) is 41.5 Å². The highest BCUT2D eigenvalue weighted by molar-refractivity contribution is 6.99. The van der Waals surface area contributed by atoms with E-state index < -0.39 is 20.0 Å². The molecule has 1 N–H and O–H groups in total. The zero-order valence-corrected chi connectivity index (χ0v) is 20.1. The number of rotatable bonds is 7. The average molecular weight is 426 g/mol. The van der Waals surface area contributed by atoms with Gasteiger partial charge in [-0.2, -0.15) is 0 Å². The summed E-state index contributed by atoms with van der Waals surface area (Å²) in [7, 11) is -2.67. The summed E-state index contributed by atoms with van der Waals surface area (Å²) in [4.78, 5) is 12.3. The zero-order valence-electron chi connectivity index (χ0n) is 19.1. The van der Waals surface area contributed by atoms with Crippen molar-refractivity contribution in [2.24, 2.45) is 0 Å². The Kier molecular flexibility index (Phi) is 7.67. The van der Waals surface area contributed by atoms with Crippen LogP contribution >= 0.6 is 0 Å².